The largest absolute Gasteiger partial charge is 2.00 e. The molecule has 0 fully saturated rings. The molecule has 0 heterocycles. The number of hydrogen-bond acceptors (Lipinski definition) is 6. The minimum atomic E-state index is -2.92. The van der Waals surface area contributed by atoms with Gasteiger partial charge in [-0.25, -0.2) is 0 Å². The maximum Gasteiger partial charge on any atom is 2.00 e. The molecule has 11 heteroatoms. The number of hydrogen-bond donors (Lipinski definition) is 0. The van der Waals surface area contributed by atoms with Gasteiger partial charge in [-0.3, -0.25) is 14.6 Å². The van der Waals surface area contributed by atoms with Gasteiger partial charge in [0.15, 0.2) is 0 Å². The molecule has 0 aliphatic rings. The van der Waals surface area contributed by atoms with E-state index in [-0.39, 0.29) is 63.2 Å². The summed E-state index contributed by atoms with van der Waals surface area (Å²) in [6, 6.07) is 0. The van der Waals surface area contributed by atoms with E-state index in [4.69, 9.17) is 30.1 Å². The van der Waals surface area contributed by atoms with Crippen LogP contribution in [0.2, 0.25) is 0 Å². The molecule has 0 aliphatic carbocycles. The van der Waals surface area contributed by atoms with E-state index in [9.17, 15) is 0 Å². The standard InChI is InChI=1S/2BO3.3Pt/c2*2-1(3)4;;;/q2*-3;3*+2. The zero-order chi connectivity index (χ0) is 7.15. The first-order valence-corrected chi connectivity index (χ1v) is 1.41. The molecule has 0 radical (unpaired) electrons. The van der Waals surface area contributed by atoms with Crippen molar-refractivity contribution in [1.29, 1.82) is 0 Å². The van der Waals surface area contributed by atoms with Crippen molar-refractivity contribution in [2.75, 3.05) is 0 Å². The van der Waals surface area contributed by atoms with E-state index in [1.54, 1.807) is 0 Å². The Labute approximate surface area is 107 Å². The molecular weight excluding hydrogens is 703 g/mol. The molecule has 0 amide bonds. The van der Waals surface area contributed by atoms with Crippen molar-refractivity contribution in [1.82, 2.24) is 0 Å². The topological polar surface area (TPSA) is 138 Å². The van der Waals surface area contributed by atoms with Crippen molar-refractivity contribution in [2.45, 2.75) is 0 Å². The van der Waals surface area contributed by atoms with Gasteiger partial charge >= 0.3 is 63.2 Å². The first-order valence-electron chi connectivity index (χ1n) is 1.41. The maximum atomic E-state index is 8.42. The molecule has 6 nitrogen and oxygen atoms in total. The Bertz CT molecular complexity index is 31.3. The molecule has 0 bridgehead atoms. The Kier molecular flexibility index (Phi) is 60.3. The summed E-state index contributed by atoms with van der Waals surface area (Å²) in [5, 5.41) is 50.5. The van der Waals surface area contributed by atoms with Crippen molar-refractivity contribution in [3.63, 3.8) is 0 Å². The Hall–Kier alpha value is 1.95. The molecule has 0 saturated heterocycles. The fraction of sp³-hybridized carbons (Fsp3) is 0. The molecule has 0 spiro atoms. The molecule has 0 rings (SSSR count). The second-order valence-electron chi connectivity index (χ2n) is 0.577. The van der Waals surface area contributed by atoms with E-state index in [1.807, 2.05) is 0 Å². The van der Waals surface area contributed by atoms with Gasteiger partial charge in [-0.05, 0) is 0 Å². The second-order valence-corrected chi connectivity index (χ2v) is 0.577. The van der Waals surface area contributed by atoms with Gasteiger partial charge in [0.1, 0.15) is 0 Å². The Balaban J connectivity index is -0.0000000171. The third-order valence-corrected chi connectivity index (χ3v) is 0. The molecule has 0 aromatic carbocycles. The zero-order valence-corrected chi connectivity index (χ0v) is 11.4. The quantitative estimate of drug-likeness (QED) is 0.230. The van der Waals surface area contributed by atoms with Gasteiger partial charge in [0.05, 0.1) is 0 Å². The molecule has 0 N–H and O–H groups in total. The SMILES string of the molecule is [O-]B([O-])[O-].[O-]B([O-])[O-].[Pt+2].[Pt+2].[Pt+2]. The summed E-state index contributed by atoms with van der Waals surface area (Å²) < 4.78 is 0. The van der Waals surface area contributed by atoms with Crippen molar-refractivity contribution in [3.05, 3.63) is 0 Å². The first kappa shape index (κ1) is 29.3. The van der Waals surface area contributed by atoms with Crippen LogP contribution in [0, 0.1) is 0 Å². The average Bonchev–Trinajstić information content (AvgIpc) is 1.25. The van der Waals surface area contributed by atoms with Crippen molar-refractivity contribution in [3.8, 4) is 0 Å². The van der Waals surface area contributed by atoms with Crippen LogP contribution in [-0.4, -0.2) is 14.6 Å². The van der Waals surface area contributed by atoms with Crippen LogP contribution in [0.25, 0.3) is 0 Å². The van der Waals surface area contributed by atoms with Crippen LogP contribution in [0.5, 0.6) is 0 Å². The van der Waals surface area contributed by atoms with Crippen LogP contribution in [0.15, 0.2) is 0 Å². The van der Waals surface area contributed by atoms with Gasteiger partial charge in [0, 0.05) is 0 Å². The summed E-state index contributed by atoms with van der Waals surface area (Å²) >= 11 is 0. The van der Waals surface area contributed by atoms with Gasteiger partial charge < -0.3 is 30.1 Å². The predicted molar refractivity (Wildman–Crippen MR) is 11.5 cm³/mol. The molecule has 0 unspecified atom stereocenters. The molecular formula is B2O6Pt3. The van der Waals surface area contributed by atoms with Crippen LogP contribution >= 0.6 is 0 Å². The second kappa shape index (κ2) is 22.7. The van der Waals surface area contributed by atoms with Gasteiger partial charge in [0.25, 0.3) is 0 Å². The molecule has 11 heavy (non-hydrogen) atoms. The smallest absolute Gasteiger partial charge is 0.907 e. The first-order chi connectivity index (χ1) is 3.46. The minimum absolute atomic E-state index is 0. The van der Waals surface area contributed by atoms with Gasteiger partial charge in [0.2, 0.25) is 0 Å². The molecule has 0 aromatic heterocycles. The van der Waals surface area contributed by atoms with Crippen LogP contribution < -0.4 is 30.1 Å². The van der Waals surface area contributed by atoms with E-state index in [1.165, 1.54) is 0 Å². The van der Waals surface area contributed by atoms with Crippen molar-refractivity contribution < 1.29 is 93.3 Å². The molecule has 0 aromatic rings. The van der Waals surface area contributed by atoms with Crippen LogP contribution in [-0.2, 0) is 63.2 Å². The third kappa shape index (κ3) is 310. The fourth-order valence-electron chi connectivity index (χ4n) is 0. The third-order valence-electron chi connectivity index (χ3n) is 0. The molecule has 0 aliphatic heterocycles. The summed E-state index contributed by atoms with van der Waals surface area (Å²) in [5.74, 6) is 0. The summed E-state index contributed by atoms with van der Waals surface area (Å²) in [6.07, 6.45) is 0. The van der Waals surface area contributed by atoms with E-state index >= 15 is 0 Å². The van der Waals surface area contributed by atoms with Crippen molar-refractivity contribution in [2.24, 2.45) is 0 Å². The summed E-state index contributed by atoms with van der Waals surface area (Å²) in [6.45, 7) is 0. The zero-order valence-electron chi connectivity index (χ0n) is 4.55. The van der Waals surface area contributed by atoms with E-state index in [2.05, 4.69) is 0 Å². The van der Waals surface area contributed by atoms with Gasteiger partial charge in [-0.2, -0.15) is 0 Å². The van der Waals surface area contributed by atoms with Crippen molar-refractivity contribution >= 4 is 14.6 Å². The Morgan fingerprint density at radius 1 is 0.455 bits per heavy atom. The normalized spacial score (nSPS) is 4.91. The van der Waals surface area contributed by atoms with Gasteiger partial charge in [-0.1, -0.05) is 0 Å². The van der Waals surface area contributed by atoms with E-state index < -0.39 is 14.6 Å². The summed E-state index contributed by atoms with van der Waals surface area (Å²) in [5.41, 5.74) is 0. The Morgan fingerprint density at radius 3 is 0.455 bits per heavy atom. The summed E-state index contributed by atoms with van der Waals surface area (Å²) in [4.78, 5) is 0. The van der Waals surface area contributed by atoms with E-state index in [0.717, 1.165) is 0 Å². The number of rotatable bonds is 0. The minimum Gasteiger partial charge on any atom is -0.907 e. The van der Waals surface area contributed by atoms with Crippen LogP contribution in [0.1, 0.15) is 0 Å². The fourth-order valence-corrected chi connectivity index (χ4v) is 0. The molecule has 72 valence electrons. The Morgan fingerprint density at radius 2 is 0.455 bits per heavy atom. The summed E-state index contributed by atoms with van der Waals surface area (Å²) in [7, 11) is -5.83. The predicted octanol–water partition coefficient (Wildman–Crippen LogP) is -7.90. The average molecular weight is 703 g/mol. The molecule has 0 atom stereocenters. The van der Waals surface area contributed by atoms with Crippen LogP contribution in [0.3, 0.4) is 0 Å². The maximum absolute atomic E-state index is 8.42. The monoisotopic (exact) mass is 703 g/mol. The van der Waals surface area contributed by atoms with Crippen LogP contribution in [0.4, 0.5) is 0 Å². The van der Waals surface area contributed by atoms with E-state index in [0.29, 0.717) is 0 Å². The van der Waals surface area contributed by atoms with Gasteiger partial charge in [-0.15, -0.1) is 0 Å². The molecule has 0 saturated carbocycles.